The molecule has 1 N–H and O–H groups in total. The smallest absolute Gasteiger partial charge is 0.256 e. The summed E-state index contributed by atoms with van der Waals surface area (Å²) >= 11 is 0. The maximum absolute atomic E-state index is 13.0. The van der Waals surface area contributed by atoms with Crippen molar-refractivity contribution in [2.45, 2.75) is 20.0 Å². The number of hydrogen-bond acceptors (Lipinski definition) is 4. The Hall–Kier alpha value is -3.80. The van der Waals surface area contributed by atoms with Crippen molar-refractivity contribution in [1.29, 1.82) is 0 Å². The summed E-state index contributed by atoms with van der Waals surface area (Å²) in [5.41, 5.74) is 3.69. The third kappa shape index (κ3) is 3.78. The van der Waals surface area contributed by atoms with E-state index in [9.17, 15) is 14.4 Å². The Kier molecular flexibility index (Phi) is 4.91. The highest BCUT2D eigenvalue weighted by atomic mass is 16.2. The first kappa shape index (κ1) is 18.6. The lowest BCUT2D eigenvalue weighted by atomic mass is 10.0. The number of pyridine rings is 1. The number of hydrogen-bond donors (Lipinski definition) is 1. The van der Waals surface area contributed by atoms with Gasteiger partial charge >= 0.3 is 0 Å². The molecule has 3 aromatic rings. The van der Waals surface area contributed by atoms with Crippen LogP contribution in [-0.2, 0) is 13.1 Å². The summed E-state index contributed by atoms with van der Waals surface area (Å²) < 4.78 is 0. The number of anilines is 1. The van der Waals surface area contributed by atoms with Gasteiger partial charge in [0.05, 0.1) is 11.1 Å². The molecule has 0 bridgehead atoms. The molecule has 29 heavy (non-hydrogen) atoms. The zero-order valence-electron chi connectivity index (χ0n) is 15.9. The summed E-state index contributed by atoms with van der Waals surface area (Å²) in [6.45, 7) is 2.39. The van der Waals surface area contributed by atoms with Gasteiger partial charge in [-0.15, -0.1) is 0 Å². The minimum absolute atomic E-state index is 0.0388. The second-order valence-electron chi connectivity index (χ2n) is 6.95. The first-order valence-corrected chi connectivity index (χ1v) is 9.25. The highest BCUT2D eigenvalue weighted by Crippen LogP contribution is 2.28. The van der Waals surface area contributed by atoms with E-state index in [1.54, 1.807) is 53.7 Å². The highest BCUT2D eigenvalue weighted by molar-refractivity contribution is 6.13. The zero-order valence-corrected chi connectivity index (χ0v) is 15.9. The molecule has 0 aliphatic carbocycles. The predicted molar refractivity (Wildman–Crippen MR) is 109 cm³/mol. The van der Waals surface area contributed by atoms with Crippen LogP contribution in [0.15, 0.2) is 67.0 Å². The summed E-state index contributed by atoms with van der Waals surface area (Å²) in [7, 11) is 0. The minimum Gasteiger partial charge on any atom is -0.330 e. The number of nitrogens with one attached hydrogen (secondary N) is 1. The standard InChI is InChI=1S/C23H19N3O3/c1-15(27)17-7-9-19(10-8-17)25-22(28)20-6-2-5-18-14-26(23(29)21(18)20)13-16-4-3-11-24-12-16/h2-12H,13-14H2,1H3,(H,25,28). The van der Waals surface area contributed by atoms with Crippen LogP contribution in [0.2, 0.25) is 0 Å². The number of Topliss-reactive ketones (excluding diaryl/α,β-unsaturated/α-hetero) is 1. The molecular formula is C23H19N3O3. The lowest BCUT2D eigenvalue weighted by molar-refractivity contribution is 0.0762. The number of rotatable bonds is 5. The summed E-state index contributed by atoms with van der Waals surface area (Å²) in [5, 5.41) is 2.81. The van der Waals surface area contributed by atoms with E-state index in [2.05, 4.69) is 10.3 Å². The van der Waals surface area contributed by atoms with Gasteiger partial charge in [0.25, 0.3) is 11.8 Å². The number of ketones is 1. The van der Waals surface area contributed by atoms with Gasteiger partial charge in [-0.2, -0.15) is 0 Å². The molecule has 2 aromatic carbocycles. The van der Waals surface area contributed by atoms with Crippen LogP contribution in [-0.4, -0.2) is 27.5 Å². The van der Waals surface area contributed by atoms with Gasteiger partial charge < -0.3 is 10.2 Å². The molecule has 6 nitrogen and oxygen atoms in total. The second-order valence-corrected chi connectivity index (χ2v) is 6.95. The van der Waals surface area contributed by atoms with E-state index in [1.807, 2.05) is 18.2 Å². The number of carbonyl (C=O) groups is 3. The van der Waals surface area contributed by atoms with E-state index in [0.717, 1.165) is 11.1 Å². The molecule has 1 aliphatic rings. The highest BCUT2D eigenvalue weighted by Gasteiger charge is 2.31. The van der Waals surface area contributed by atoms with Crippen molar-refractivity contribution in [2.75, 3.05) is 5.32 Å². The summed E-state index contributed by atoms with van der Waals surface area (Å²) in [6.07, 6.45) is 3.42. The molecule has 0 atom stereocenters. The lowest BCUT2D eigenvalue weighted by Crippen LogP contribution is -2.25. The third-order valence-corrected chi connectivity index (χ3v) is 4.90. The molecule has 0 fully saturated rings. The molecule has 0 saturated heterocycles. The van der Waals surface area contributed by atoms with Crippen LogP contribution >= 0.6 is 0 Å². The van der Waals surface area contributed by atoms with E-state index < -0.39 is 0 Å². The second kappa shape index (κ2) is 7.67. The number of benzene rings is 2. The van der Waals surface area contributed by atoms with Crippen LogP contribution in [0.5, 0.6) is 0 Å². The fourth-order valence-corrected chi connectivity index (χ4v) is 3.44. The monoisotopic (exact) mass is 385 g/mol. The molecule has 1 aliphatic heterocycles. The van der Waals surface area contributed by atoms with Crippen molar-refractivity contribution >= 4 is 23.3 Å². The molecule has 2 amide bonds. The zero-order chi connectivity index (χ0) is 20.4. The molecule has 0 saturated carbocycles. The largest absolute Gasteiger partial charge is 0.330 e. The Morgan fingerprint density at radius 1 is 1.07 bits per heavy atom. The molecule has 2 heterocycles. The van der Waals surface area contributed by atoms with Crippen LogP contribution in [0, 0.1) is 0 Å². The lowest BCUT2D eigenvalue weighted by Gasteiger charge is -2.15. The number of fused-ring (bicyclic) bond motifs is 1. The van der Waals surface area contributed by atoms with E-state index in [4.69, 9.17) is 0 Å². The molecule has 144 valence electrons. The number of nitrogens with zero attached hydrogens (tertiary/aromatic N) is 2. The van der Waals surface area contributed by atoms with Gasteiger partial charge in [-0.3, -0.25) is 19.4 Å². The SMILES string of the molecule is CC(=O)c1ccc(NC(=O)c2cccc3c2C(=O)N(Cc2cccnc2)C3)cc1. The Morgan fingerprint density at radius 3 is 2.55 bits per heavy atom. The first-order chi connectivity index (χ1) is 14.0. The number of aromatic nitrogens is 1. The van der Waals surface area contributed by atoms with Crippen molar-refractivity contribution in [2.24, 2.45) is 0 Å². The van der Waals surface area contributed by atoms with E-state index >= 15 is 0 Å². The Morgan fingerprint density at radius 2 is 1.86 bits per heavy atom. The number of amides is 2. The first-order valence-electron chi connectivity index (χ1n) is 9.25. The van der Waals surface area contributed by atoms with Gasteiger partial charge in [-0.1, -0.05) is 18.2 Å². The quantitative estimate of drug-likeness (QED) is 0.680. The van der Waals surface area contributed by atoms with Crippen LogP contribution in [0.1, 0.15) is 49.1 Å². The number of carbonyl (C=O) groups excluding carboxylic acids is 3. The van der Waals surface area contributed by atoms with Crippen molar-refractivity contribution in [3.63, 3.8) is 0 Å². The molecule has 0 spiro atoms. The van der Waals surface area contributed by atoms with E-state index in [1.165, 1.54) is 6.92 Å². The van der Waals surface area contributed by atoms with Crippen LogP contribution < -0.4 is 5.32 Å². The van der Waals surface area contributed by atoms with Crippen molar-refractivity contribution in [3.05, 3.63) is 94.8 Å². The van der Waals surface area contributed by atoms with Crippen molar-refractivity contribution in [3.8, 4) is 0 Å². The Labute approximate surface area is 168 Å². The minimum atomic E-state index is -0.353. The fraction of sp³-hybridized carbons (Fsp3) is 0.130. The average Bonchev–Trinajstić information content (AvgIpc) is 3.04. The maximum atomic E-state index is 13.0. The van der Waals surface area contributed by atoms with Crippen LogP contribution in [0.3, 0.4) is 0 Å². The third-order valence-electron chi connectivity index (χ3n) is 4.90. The maximum Gasteiger partial charge on any atom is 0.256 e. The van der Waals surface area contributed by atoms with Crippen LogP contribution in [0.4, 0.5) is 5.69 Å². The summed E-state index contributed by atoms with van der Waals surface area (Å²) in [5.74, 6) is -0.557. The van der Waals surface area contributed by atoms with Gasteiger partial charge in [0, 0.05) is 36.7 Å². The molecule has 0 radical (unpaired) electrons. The summed E-state index contributed by atoms with van der Waals surface area (Å²) in [4.78, 5) is 43.0. The molecule has 0 unspecified atom stereocenters. The van der Waals surface area contributed by atoms with Gasteiger partial charge in [0.15, 0.2) is 5.78 Å². The van der Waals surface area contributed by atoms with Crippen molar-refractivity contribution in [1.82, 2.24) is 9.88 Å². The normalized spacial score (nSPS) is 12.6. The molecule has 6 heteroatoms. The van der Waals surface area contributed by atoms with Gasteiger partial charge in [0.1, 0.15) is 0 Å². The molecule has 1 aromatic heterocycles. The molecule has 4 rings (SSSR count). The van der Waals surface area contributed by atoms with Crippen LogP contribution in [0.25, 0.3) is 0 Å². The van der Waals surface area contributed by atoms with Gasteiger partial charge in [0.2, 0.25) is 0 Å². The summed E-state index contributed by atoms with van der Waals surface area (Å²) in [6, 6.07) is 15.7. The Balaban J connectivity index is 1.55. The van der Waals surface area contributed by atoms with Gasteiger partial charge in [-0.25, -0.2) is 0 Å². The average molecular weight is 385 g/mol. The Bertz CT molecular complexity index is 1090. The predicted octanol–water partition coefficient (Wildman–Crippen LogP) is 3.69. The van der Waals surface area contributed by atoms with E-state index in [0.29, 0.717) is 35.5 Å². The van der Waals surface area contributed by atoms with Gasteiger partial charge in [-0.05, 0) is 54.4 Å². The fourth-order valence-electron chi connectivity index (χ4n) is 3.44. The topological polar surface area (TPSA) is 79.4 Å². The van der Waals surface area contributed by atoms with Crippen molar-refractivity contribution < 1.29 is 14.4 Å². The molecular weight excluding hydrogens is 366 g/mol. The van der Waals surface area contributed by atoms with E-state index in [-0.39, 0.29) is 17.6 Å².